The summed E-state index contributed by atoms with van der Waals surface area (Å²) in [6.07, 6.45) is 48.7. The molecule has 5 atom stereocenters. The molecule has 558 valence electrons. The Morgan fingerprint density at radius 2 is 0.447 bits per heavy atom. The standard InChI is InChI=1S/C75H146O17P2/c1-65(2)51-43-35-27-21-16-12-9-10-14-18-24-30-39-47-55-72(77)85-61-70(91-75(80)58-50-42-32-26-20-23-29-37-45-53-67(5)6)63-89-93(81,82)87-59-69(76)60-88-94(83,84)90-64-71(62-86-73(78)56-48-40-34-33-38-46-54-68(7)8)92-74(79)57-49-41-31-25-19-15-11-13-17-22-28-36-44-52-66(3)4/h65-71,76H,9-64H2,1-8H3,(H,81,82)(H,83,84)/t69-,70-,71-/m1/s1. The van der Waals surface area contributed by atoms with Crippen LogP contribution in [0.25, 0.3) is 0 Å². The normalized spacial score (nSPS) is 14.2. The third kappa shape index (κ3) is 68.6. The first-order valence-corrected chi connectivity index (χ1v) is 41.7. The van der Waals surface area contributed by atoms with E-state index >= 15 is 0 Å². The largest absolute Gasteiger partial charge is 0.472 e. The molecular formula is C75H146O17P2. The van der Waals surface area contributed by atoms with Gasteiger partial charge in [0.25, 0.3) is 0 Å². The minimum absolute atomic E-state index is 0.105. The molecule has 0 fully saturated rings. The molecule has 3 N–H and O–H groups in total. The van der Waals surface area contributed by atoms with Crippen molar-refractivity contribution >= 4 is 39.5 Å². The molecule has 0 aromatic carbocycles. The highest BCUT2D eigenvalue weighted by atomic mass is 31.2. The summed E-state index contributed by atoms with van der Waals surface area (Å²) in [7, 11) is -9.91. The van der Waals surface area contributed by atoms with Gasteiger partial charge in [0.1, 0.15) is 19.3 Å². The molecular weight excluding hydrogens is 1230 g/mol. The van der Waals surface area contributed by atoms with Crippen molar-refractivity contribution in [3.8, 4) is 0 Å². The Balaban J connectivity index is 5.21. The second-order valence-electron chi connectivity index (χ2n) is 28.9. The van der Waals surface area contributed by atoms with E-state index in [9.17, 15) is 43.2 Å². The van der Waals surface area contributed by atoms with E-state index in [4.69, 9.17) is 37.0 Å². The van der Waals surface area contributed by atoms with Gasteiger partial charge in [-0.25, -0.2) is 9.13 Å². The van der Waals surface area contributed by atoms with Crippen LogP contribution in [0.5, 0.6) is 0 Å². The highest BCUT2D eigenvalue weighted by Gasteiger charge is 2.30. The molecule has 0 amide bonds. The minimum atomic E-state index is -4.96. The van der Waals surface area contributed by atoms with Crippen molar-refractivity contribution in [3.63, 3.8) is 0 Å². The van der Waals surface area contributed by atoms with Gasteiger partial charge < -0.3 is 33.8 Å². The van der Waals surface area contributed by atoms with Crippen molar-refractivity contribution in [2.75, 3.05) is 39.6 Å². The Labute approximate surface area is 575 Å². The molecule has 0 aromatic heterocycles. The molecule has 0 aromatic rings. The van der Waals surface area contributed by atoms with Crippen molar-refractivity contribution in [3.05, 3.63) is 0 Å². The van der Waals surface area contributed by atoms with E-state index in [0.717, 1.165) is 114 Å². The quantitative estimate of drug-likeness (QED) is 0.0222. The molecule has 0 radical (unpaired) electrons. The van der Waals surface area contributed by atoms with E-state index in [2.05, 4.69) is 55.4 Å². The van der Waals surface area contributed by atoms with Crippen molar-refractivity contribution < 1.29 is 80.2 Å². The van der Waals surface area contributed by atoms with Gasteiger partial charge in [0.15, 0.2) is 12.2 Å². The SMILES string of the molecule is CC(C)CCCCCCCCCCCCCCCCC(=O)OC[C@H](COP(=O)(O)OC[C@@H](O)COP(=O)(O)OC[C@@H](COC(=O)CCCCCCCCC(C)C)OC(=O)CCCCCCCCCCCCCCCC(C)C)OC(=O)CCCCCCCCCCCC(C)C. The number of esters is 4. The van der Waals surface area contributed by atoms with Gasteiger partial charge in [0, 0.05) is 25.7 Å². The highest BCUT2D eigenvalue weighted by Crippen LogP contribution is 2.45. The average Bonchev–Trinajstić information content (AvgIpc) is 2.10. The van der Waals surface area contributed by atoms with E-state index in [0.29, 0.717) is 31.6 Å². The number of phosphoric ester groups is 2. The maximum Gasteiger partial charge on any atom is 0.472 e. The molecule has 0 saturated heterocycles. The number of hydrogen-bond donors (Lipinski definition) is 3. The number of aliphatic hydroxyl groups is 1. The highest BCUT2D eigenvalue weighted by molar-refractivity contribution is 7.47. The molecule has 19 heteroatoms. The van der Waals surface area contributed by atoms with Crippen molar-refractivity contribution in [1.29, 1.82) is 0 Å². The smallest absolute Gasteiger partial charge is 0.462 e. The molecule has 0 bridgehead atoms. The summed E-state index contributed by atoms with van der Waals surface area (Å²) in [5.74, 6) is 0.877. The van der Waals surface area contributed by atoms with E-state index in [1.807, 2.05) is 0 Å². The molecule has 0 aliphatic carbocycles. The summed E-state index contributed by atoms with van der Waals surface area (Å²) in [6.45, 7) is 14.1. The number of carbonyl (C=O) groups is 4. The van der Waals surface area contributed by atoms with Gasteiger partial charge in [-0.05, 0) is 49.4 Å². The predicted octanol–water partition coefficient (Wildman–Crippen LogP) is 21.7. The third-order valence-corrected chi connectivity index (χ3v) is 19.2. The number of carbonyl (C=O) groups excluding carboxylic acids is 4. The molecule has 0 aliphatic heterocycles. The molecule has 0 saturated carbocycles. The number of unbranched alkanes of at least 4 members (excludes halogenated alkanes) is 38. The number of phosphoric acid groups is 2. The summed E-state index contributed by atoms with van der Waals surface area (Å²) in [4.78, 5) is 72.7. The first-order chi connectivity index (χ1) is 45.1. The summed E-state index contributed by atoms with van der Waals surface area (Å²) in [5.41, 5.74) is 0. The van der Waals surface area contributed by atoms with E-state index in [1.54, 1.807) is 0 Å². The van der Waals surface area contributed by atoms with Gasteiger partial charge in [-0.3, -0.25) is 37.3 Å². The van der Waals surface area contributed by atoms with E-state index < -0.39 is 97.5 Å². The van der Waals surface area contributed by atoms with Crippen LogP contribution in [0.2, 0.25) is 0 Å². The first kappa shape index (κ1) is 92.1. The fraction of sp³-hybridized carbons (Fsp3) is 0.947. The Hall–Kier alpha value is -1.94. The van der Waals surface area contributed by atoms with Gasteiger partial charge in [-0.1, -0.05) is 325 Å². The van der Waals surface area contributed by atoms with E-state index in [1.165, 1.54) is 173 Å². The topological polar surface area (TPSA) is 237 Å². The molecule has 0 heterocycles. The van der Waals surface area contributed by atoms with Crippen LogP contribution in [0, 0.1) is 23.7 Å². The average molecular weight is 1380 g/mol. The van der Waals surface area contributed by atoms with Crippen molar-refractivity contribution in [2.24, 2.45) is 23.7 Å². The zero-order valence-corrected chi connectivity index (χ0v) is 63.4. The lowest BCUT2D eigenvalue weighted by Gasteiger charge is -2.21. The lowest BCUT2D eigenvalue weighted by atomic mass is 10.0. The number of hydrogen-bond acceptors (Lipinski definition) is 15. The fourth-order valence-electron chi connectivity index (χ4n) is 11.4. The summed E-state index contributed by atoms with van der Waals surface area (Å²) in [6, 6.07) is 0. The Kier molecular flexibility index (Phi) is 63.1. The number of aliphatic hydroxyl groups excluding tert-OH is 1. The van der Waals surface area contributed by atoms with Crippen LogP contribution < -0.4 is 0 Å². The third-order valence-electron chi connectivity index (χ3n) is 17.3. The van der Waals surface area contributed by atoms with Crippen LogP contribution in [-0.4, -0.2) is 96.7 Å². The first-order valence-electron chi connectivity index (χ1n) is 38.7. The van der Waals surface area contributed by atoms with Crippen LogP contribution >= 0.6 is 15.6 Å². The monoisotopic (exact) mass is 1380 g/mol. The lowest BCUT2D eigenvalue weighted by molar-refractivity contribution is -0.161. The second kappa shape index (κ2) is 64.4. The van der Waals surface area contributed by atoms with Crippen LogP contribution in [-0.2, 0) is 65.4 Å². The minimum Gasteiger partial charge on any atom is -0.462 e. The van der Waals surface area contributed by atoms with Crippen LogP contribution in [0.1, 0.15) is 376 Å². The maximum absolute atomic E-state index is 13.1. The van der Waals surface area contributed by atoms with Crippen molar-refractivity contribution in [1.82, 2.24) is 0 Å². The number of rotatable bonds is 72. The van der Waals surface area contributed by atoms with Crippen molar-refractivity contribution in [2.45, 2.75) is 395 Å². The van der Waals surface area contributed by atoms with Gasteiger partial charge in [-0.15, -0.1) is 0 Å². The Morgan fingerprint density at radius 1 is 0.266 bits per heavy atom. The fourth-order valence-corrected chi connectivity index (χ4v) is 13.0. The van der Waals surface area contributed by atoms with Crippen LogP contribution in [0.3, 0.4) is 0 Å². The van der Waals surface area contributed by atoms with Gasteiger partial charge >= 0.3 is 39.5 Å². The molecule has 2 unspecified atom stereocenters. The molecule has 0 rings (SSSR count). The second-order valence-corrected chi connectivity index (χ2v) is 31.9. The molecule has 17 nitrogen and oxygen atoms in total. The zero-order chi connectivity index (χ0) is 69.6. The molecule has 94 heavy (non-hydrogen) atoms. The van der Waals surface area contributed by atoms with Crippen LogP contribution in [0.4, 0.5) is 0 Å². The van der Waals surface area contributed by atoms with Crippen LogP contribution in [0.15, 0.2) is 0 Å². The lowest BCUT2D eigenvalue weighted by Crippen LogP contribution is -2.30. The van der Waals surface area contributed by atoms with E-state index in [-0.39, 0.29) is 25.7 Å². The number of ether oxygens (including phenoxy) is 4. The Morgan fingerprint density at radius 3 is 0.660 bits per heavy atom. The predicted molar refractivity (Wildman–Crippen MR) is 381 cm³/mol. The van der Waals surface area contributed by atoms with Gasteiger partial charge in [-0.2, -0.15) is 0 Å². The maximum atomic E-state index is 13.1. The zero-order valence-electron chi connectivity index (χ0n) is 61.6. The summed E-state index contributed by atoms with van der Waals surface area (Å²) >= 11 is 0. The summed E-state index contributed by atoms with van der Waals surface area (Å²) < 4.78 is 68.4. The Bertz CT molecular complexity index is 1850. The van der Waals surface area contributed by atoms with Gasteiger partial charge in [0.2, 0.25) is 0 Å². The molecule has 0 spiro atoms. The summed E-state index contributed by atoms with van der Waals surface area (Å²) in [5, 5.41) is 10.6. The van der Waals surface area contributed by atoms with Gasteiger partial charge in [0.05, 0.1) is 26.4 Å². The molecule has 0 aliphatic rings.